The number of hydrogen-bond acceptors (Lipinski definition) is 4. The van der Waals surface area contributed by atoms with E-state index in [9.17, 15) is 4.79 Å². The van der Waals surface area contributed by atoms with Crippen molar-refractivity contribution in [3.8, 4) is 16.4 Å². The molecule has 1 N–H and O–H groups in total. The van der Waals surface area contributed by atoms with Crippen LogP contribution in [0.1, 0.15) is 16.2 Å². The molecule has 134 valence electrons. The van der Waals surface area contributed by atoms with Crippen LogP contribution in [0.15, 0.2) is 70.6 Å². The van der Waals surface area contributed by atoms with Crippen molar-refractivity contribution < 1.29 is 4.79 Å². The minimum atomic E-state index is -0.191. The van der Waals surface area contributed by atoms with Crippen LogP contribution >= 0.6 is 27.3 Å². The fraction of sp³-hybridized carbons (Fsp3) is 0.0500. The summed E-state index contributed by atoms with van der Waals surface area (Å²) in [7, 11) is 0. The summed E-state index contributed by atoms with van der Waals surface area (Å²) in [6, 6.07) is 17.2. The third-order valence-electron chi connectivity index (χ3n) is 4.04. The highest BCUT2D eigenvalue weighted by Crippen LogP contribution is 2.27. The molecule has 2 aromatic carbocycles. The molecule has 0 fully saturated rings. The predicted octanol–water partition coefficient (Wildman–Crippen LogP) is 5.32. The number of amides is 1. The van der Waals surface area contributed by atoms with Crippen LogP contribution in [0, 0.1) is 6.92 Å². The number of imidazole rings is 1. The topological polar surface area (TPSA) is 59.8 Å². The molecule has 1 amide bonds. The molecule has 4 aromatic rings. The molecule has 0 aliphatic heterocycles. The summed E-state index contributed by atoms with van der Waals surface area (Å²) in [5.41, 5.74) is 2.53. The van der Waals surface area contributed by atoms with Crippen molar-refractivity contribution >= 4 is 39.0 Å². The van der Waals surface area contributed by atoms with Crippen LogP contribution in [0.2, 0.25) is 0 Å². The van der Waals surface area contributed by atoms with Gasteiger partial charge in [0.15, 0.2) is 5.13 Å². The number of benzene rings is 2. The molecule has 27 heavy (non-hydrogen) atoms. The Bertz CT molecular complexity index is 1090. The normalized spacial score (nSPS) is 10.7. The van der Waals surface area contributed by atoms with Gasteiger partial charge in [-0.25, -0.2) is 9.97 Å². The third kappa shape index (κ3) is 3.70. The van der Waals surface area contributed by atoms with Crippen LogP contribution in [-0.4, -0.2) is 20.4 Å². The fourth-order valence-corrected chi connectivity index (χ4v) is 3.83. The van der Waals surface area contributed by atoms with Crippen molar-refractivity contribution in [3.63, 3.8) is 0 Å². The first-order valence-electron chi connectivity index (χ1n) is 8.24. The lowest BCUT2D eigenvalue weighted by Crippen LogP contribution is -2.15. The summed E-state index contributed by atoms with van der Waals surface area (Å²) >= 11 is 4.89. The van der Waals surface area contributed by atoms with E-state index in [1.807, 2.05) is 59.3 Å². The zero-order valence-corrected chi connectivity index (χ0v) is 16.8. The third-order valence-corrected chi connectivity index (χ3v) is 5.39. The summed E-state index contributed by atoms with van der Waals surface area (Å²) in [6.45, 7) is 1.89. The molecule has 0 aliphatic carbocycles. The van der Waals surface area contributed by atoms with E-state index in [2.05, 4.69) is 26.2 Å². The minimum Gasteiger partial charge on any atom is -0.306 e. The van der Waals surface area contributed by atoms with Crippen molar-refractivity contribution in [2.75, 3.05) is 5.32 Å². The number of aromatic nitrogens is 3. The summed E-state index contributed by atoms with van der Waals surface area (Å²) in [5.74, 6) is 1.16. The molecule has 0 atom stereocenters. The lowest BCUT2D eigenvalue weighted by Gasteiger charge is -2.08. The first kappa shape index (κ1) is 17.6. The smallest absolute Gasteiger partial charge is 0.256 e. The lowest BCUT2D eigenvalue weighted by molar-refractivity contribution is 0.102. The van der Waals surface area contributed by atoms with E-state index in [1.165, 1.54) is 11.3 Å². The molecule has 0 spiro atoms. The molecule has 0 saturated carbocycles. The number of aryl methyl sites for hydroxylation is 1. The standard InChI is InChI=1S/C20H15BrN4OS/c1-13-22-11-18(24-19(26)15-7-9-16(21)10-8-15)25(13)20-23-17(12-27-20)14-5-3-2-4-6-14/h2-12H,1H3,(H,24,26). The molecule has 0 unspecified atom stereocenters. The molecule has 4 rings (SSSR count). The van der Waals surface area contributed by atoms with Gasteiger partial charge in [-0.1, -0.05) is 46.3 Å². The second-order valence-electron chi connectivity index (χ2n) is 5.87. The molecule has 2 heterocycles. The average Bonchev–Trinajstić information content (AvgIpc) is 3.30. The van der Waals surface area contributed by atoms with Gasteiger partial charge < -0.3 is 5.32 Å². The van der Waals surface area contributed by atoms with E-state index in [-0.39, 0.29) is 5.91 Å². The largest absolute Gasteiger partial charge is 0.306 e. The number of carbonyl (C=O) groups is 1. The van der Waals surface area contributed by atoms with Crippen molar-refractivity contribution in [1.29, 1.82) is 0 Å². The monoisotopic (exact) mass is 438 g/mol. The van der Waals surface area contributed by atoms with Crippen molar-refractivity contribution in [1.82, 2.24) is 14.5 Å². The van der Waals surface area contributed by atoms with Crippen LogP contribution in [0.3, 0.4) is 0 Å². The molecule has 0 radical (unpaired) electrons. The highest BCUT2D eigenvalue weighted by Gasteiger charge is 2.16. The SMILES string of the molecule is Cc1ncc(NC(=O)c2ccc(Br)cc2)n1-c1nc(-c2ccccc2)cs1. The number of hydrogen-bond donors (Lipinski definition) is 1. The van der Waals surface area contributed by atoms with Gasteiger partial charge in [0, 0.05) is 21.0 Å². The fourth-order valence-electron chi connectivity index (χ4n) is 2.67. The molecular formula is C20H15BrN4OS. The number of carbonyl (C=O) groups excluding carboxylic acids is 1. The molecular weight excluding hydrogens is 424 g/mol. The van der Waals surface area contributed by atoms with Crippen LogP contribution in [0.25, 0.3) is 16.4 Å². The first-order valence-corrected chi connectivity index (χ1v) is 9.91. The Kier molecular flexibility index (Phi) is 4.87. The van der Waals surface area contributed by atoms with Crippen LogP contribution in [0.4, 0.5) is 5.82 Å². The molecule has 0 saturated heterocycles. The molecule has 2 aromatic heterocycles. The number of thiazole rings is 1. The summed E-state index contributed by atoms with van der Waals surface area (Å²) in [6.07, 6.45) is 1.65. The number of rotatable bonds is 4. The van der Waals surface area contributed by atoms with E-state index in [1.54, 1.807) is 18.3 Å². The van der Waals surface area contributed by atoms with Crippen molar-refractivity contribution in [2.24, 2.45) is 0 Å². The number of nitrogens with zero attached hydrogens (tertiary/aromatic N) is 3. The lowest BCUT2D eigenvalue weighted by atomic mass is 10.2. The maximum Gasteiger partial charge on any atom is 0.256 e. The van der Waals surface area contributed by atoms with Gasteiger partial charge in [0.2, 0.25) is 0 Å². The van der Waals surface area contributed by atoms with Gasteiger partial charge in [-0.05, 0) is 31.2 Å². The first-order chi connectivity index (χ1) is 13.1. The Hall–Kier alpha value is -2.77. The van der Waals surface area contributed by atoms with Crippen LogP contribution < -0.4 is 5.32 Å². The molecule has 0 aliphatic rings. The number of nitrogens with one attached hydrogen (secondary N) is 1. The van der Waals surface area contributed by atoms with Gasteiger partial charge in [0.1, 0.15) is 11.6 Å². The van der Waals surface area contributed by atoms with E-state index >= 15 is 0 Å². The zero-order chi connectivity index (χ0) is 18.8. The number of anilines is 1. The second-order valence-corrected chi connectivity index (χ2v) is 7.62. The van der Waals surface area contributed by atoms with Gasteiger partial charge >= 0.3 is 0 Å². The summed E-state index contributed by atoms with van der Waals surface area (Å²) in [5, 5.41) is 5.69. The van der Waals surface area contributed by atoms with Gasteiger partial charge in [-0.3, -0.25) is 9.36 Å². The highest BCUT2D eigenvalue weighted by atomic mass is 79.9. The second kappa shape index (κ2) is 7.46. The maximum absolute atomic E-state index is 12.6. The quantitative estimate of drug-likeness (QED) is 0.468. The molecule has 5 nitrogen and oxygen atoms in total. The summed E-state index contributed by atoms with van der Waals surface area (Å²) in [4.78, 5) is 21.6. The van der Waals surface area contributed by atoms with Crippen LogP contribution in [-0.2, 0) is 0 Å². The highest BCUT2D eigenvalue weighted by molar-refractivity contribution is 9.10. The van der Waals surface area contributed by atoms with E-state index in [0.717, 1.165) is 26.7 Å². The molecule has 0 bridgehead atoms. The molecule has 7 heteroatoms. The number of halogens is 1. The Morgan fingerprint density at radius 3 is 2.59 bits per heavy atom. The maximum atomic E-state index is 12.6. The van der Waals surface area contributed by atoms with Gasteiger partial charge in [-0.15, -0.1) is 11.3 Å². The van der Waals surface area contributed by atoms with Crippen molar-refractivity contribution in [3.05, 3.63) is 82.0 Å². The Morgan fingerprint density at radius 2 is 1.85 bits per heavy atom. The predicted molar refractivity (Wildman–Crippen MR) is 112 cm³/mol. The minimum absolute atomic E-state index is 0.191. The average molecular weight is 439 g/mol. The van der Waals surface area contributed by atoms with Gasteiger partial charge in [0.05, 0.1) is 11.9 Å². The van der Waals surface area contributed by atoms with Crippen LogP contribution in [0.5, 0.6) is 0 Å². The summed E-state index contributed by atoms with van der Waals surface area (Å²) < 4.78 is 2.78. The van der Waals surface area contributed by atoms with Gasteiger partial charge in [0.25, 0.3) is 5.91 Å². The Balaban J connectivity index is 1.63. The zero-order valence-electron chi connectivity index (χ0n) is 14.4. The van der Waals surface area contributed by atoms with E-state index < -0.39 is 0 Å². The Labute approximate surface area is 168 Å². The van der Waals surface area contributed by atoms with E-state index in [0.29, 0.717) is 11.4 Å². The van der Waals surface area contributed by atoms with Gasteiger partial charge in [-0.2, -0.15) is 0 Å². The Morgan fingerprint density at radius 1 is 1.11 bits per heavy atom. The van der Waals surface area contributed by atoms with E-state index in [4.69, 9.17) is 4.98 Å². The van der Waals surface area contributed by atoms with Crippen molar-refractivity contribution in [2.45, 2.75) is 6.92 Å².